The number of benzene rings is 1. The average molecular weight is 281 g/mol. The highest BCUT2D eigenvalue weighted by molar-refractivity contribution is 5.73. The molecule has 0 radical (unpaired) electrons. The quantitative estimate of drug-likeness (QED) is 0.925. The van der Waals surface area contributed by atoms with Gasteiger partial charge in [0, 0.05) is 12.6 Å². The van der Waals surface area contributed by atoms with E-state index in [1.807, 2.05) is 0 Å². The maximum atomic E-state index is 14.0. The Hall–Kier alpha value is -1.65. The van der Waals surface area contributed by atoms with E-state index < -0.39 is 23.5 Å². The van der Waals surface area contributed by atoms with Gasteiger partial charge in [0.2, 0.25) is 0 Å². The van der Waals surface area contributed by atoms with E-state index in [1.54, 1.807) is 4.90 Å². The predicted octanol–water partition coefficient (Wildman–Crippen LogP) is 3.04. The number of anilines is 1. The lowest BCUT2D eigenvalue weighted by atomic mass is 9.75. The molecule has 1 aromatic rings. The van der Waals surface area contributed by atoms with Crippen molar-refractivity contribution in [1.29, 1.82) is 0 Å². The van der Waals surface area contributed by atoms with Crippen LogP contribution < -0.4 is 4.90 Å². The van der Waals surface area contributed by atoms with Crippen molar-refractivity contribution in [3.05, 3.63) is 29.8 Å². The molecule has 2 unspecified atom stereocenters. The number of carbonyl (C=O) groups is 1. The summed E-state index contributed by atoms with van der Waals surface area (Å²) in [7, 11) is 0. The fourth-order valence-corrected chi connectivity index (χ4v) is 3.44. The molecule has 2 aliphatic rings. The number of halogens is 2. The molecule has 1 aliphatic carbocycles. The lowest BCUT2D eigenvalue weighted by Crippen LogP contribution is -2.44. The van der Waals surface area contributed by atoms with Gasteiger partial charge < -0.3 is 10.0 Å². The van der Waals surface area contributed by atoms with Crippen LogP contribution >= 0.6 is 0 Å². The van der Waals surface area contributed by atoms with E-state index in [1.165, 1.54) is 12.1 Å². The summed E-state index contributed by atoms with van der Waals surface area (Å²) < 4.78 is 27.4. The number of nitrogens with zero attached hydrogens (tertiary/aromatic N) is 1. The molecule has 20 heavy (non-hydrogen) atoms. The monoisotopic (exact) mass is 281 g/mol. The number of hydrogen-bond donors (Lipinski definition) is 1. The Kier molecular flexibility index (Phi) is 3.36. The molecule has 0 aromatic heterocycles. The van der Waals surface area contributed by atoms with Gasteiger partial charge in [0.15, 0.2) is 11.6 Å². The molecule has 0 bridgehead atoms. The Morgan fingerprint density at radius 2 is 2.00 bits per heavy atom. The second-order valence-corrected chi connectivity index (χ2v) is 5.68. The third-order valence-corrected chi connectivity index (χ3v) is 4.64. The van der Waals surface area contributed by atoms with Crippen LogP contribution in [0.25, 0.3) is 0 Å². The smallest absolute Gasteiger partial charge is 0.308 e. The van der Waals surface area contributed by atoms with Crippen LogP contribution in [0, 0.1) is 23.5 Å². The molecular formula is C15H17F2NO2. The van der Waals surface area contributed by atoms with Crippen molar-refractivity contribution in [3.8, 4) is 0 Å². The van der Waals surface area contributed by atoms with Crippen LogP contribution in [-0.4, -0.2) is 23.7 Å². The van der Waals surface area contributed by atoms with Crippen molar-refractivity contribution in [2.24, 2.45) is 11.8 Å². The summed E-state index contributed by atoms with van der Waals surface area (Å²) in [4.78, 5) is 13.2. The van der Waals surface area contributed by atoms with Gasteiger partial charge >= 0.3 is 5.97 Å². The Morgan fingerprint density at radius 1 is 1.25 bits per heavy atom. The van der Waals surface area contributed by atoms with Crippen LogP contribution in [0.1, 0.15) is 25.7 Å². The molecule has 2 atom stereocenters. The first-order valence-corrected chi connectivity index (χ1v) is 7.03. The first kappa shape index (κ1) is 13.3. The highest BCUT2D eigenvalue weighted by Crippen LogP contribution is 2.42. The van der Waals surface area contributed by atoms with Gasteiger partial charge in [0.05, 0.1) is 11.6 Å². The van der Waals surface area contributed by atoms with Crippen molar-refractivity contribution in [2.75, 3.05) is 11.4 Å². The molecule has 1 saturated heterocycles. The van der Waals surface area contributed by atoms with Crippen LogP contribution in [0.2, 0.25) is 0 Å². The van der Waals surface area contributed by atoms with Gasteiger partial charge in [0.25, 0.3) is 0 Å². The predicted molar refractivity (Wildman–Crippen MR) is 70.6 cm³/mol. The summed E-state index contributed by atoms with van der Waals surface area (Å²) in [6, 6.07) is 3.88. The molecule has 3 rings (SSSR count). The van der Waals surface area contributed by atoms with Crippen LogP contribution in [0.4, 0.5) is 14.5 Å². The molecular weight excluding hydrogens is 264 g/mol. The second-order valence-electron chi connectivity index (χ2n) is 5.68. The fraction of sp³-hybridized carbons (Fsp3) is 0.533. The topological polar surface area (TPSA) is 40.5 Å². The molecule has 108 valence electrons. The lowest BCUT2D eigenvalue weighted by Gasteiger charge is -2.39. The number of carboxylic acids is 1. The number of hydrogen-bond acceptors (Lipinski definition) is 2. The highest BCUT2D eigenvalue weighted by atomic mass is 19.2. The zero-order valence-corrected chi connectivity index (χ0v) is 11.1. The summed E-state index contributed by atoms with van der Waals surface area (Å²) in [6.07, 6.45) is 3.53. The Morgan fingerprint density at radius 3 is 2.60 bits per heavy atom. The van der Waals surface area contributed by atoms with Crippen molar-refractivity contribution in [3.63, 3.8) is 0 Å². The molecule has 3 nitrogen and oxygen atoms in total. The van der Waals surface area contributed by atoms with Crippen molar-refractivity contribution >= 4 is 11.7 Å². The summed E-state index contributed by atoms with van der Waals surface area (Å²) in [5.74, 6) is -2.79. The van der Waals surface area contributed by atoms with Gasteiger partial charge in [-0.1, -0.05) is 12.5 Å². The Bertz CT molecular complexity index is 531. The van der Waals surface area contributed by atoms with Crippen LogP contribution in [0.3, 0.4) is 0 Å². The number of aliphatic carboxylic acids is 1. The standard InChI is InChI=1S/C15H17F2NO2/c16-11-5-2-6-12(13(11)17)18-8-7-10(15(19)20)14(18)9-3-1-4-9/h2,5-6,9-10,14H,1,3-4,7-8H2,(H,19,20). The molecule has 1 saturated carbocycles. The first-order chi connectivity index (χ1) is 9.59. The van der Waals surface area contributed by atoms with Gasteiger partial charge in [-0.2, -0.15) is 0 Å². The first-order valence-electron chi connectivity index (χ1n) is 7.03. The van der Waals surface area contributed by atoms with E-state index in [2.05, 4.69) is 0 Å². The van der Waals surface area contributed by atoms with Gasteiger partial charge in [0.1, 0.15) is 0 Å². The molecule has 1 aliphatic heterocycles. The van der Waals surface area contributed by atoms with E-state index >= 15 is 0 Å². The van der Waals surface area contributed by atoms with E-state index in [0.717, 1.165) is 25.3 Å². The van der Waals surface area contributed by atoms with Crippen molar-refractivity contribution < 1.29 is 18.7 Å². The van der Waals surface area contributed by atoms with Crippen molar-refractivity contribution in [1.82, 2.24) is 0 Å². The minimum absolute atomic E-state index is 0.200. The summed E-state index contributed by atoms with van der Waals surface area (Å²) in [6.45, 7) is 0.471. The molecule has 1 N–H and O–H groups in total. The van der Waals surface area contributed by atoms with E-state index in [4.69, 9.17) is 0 Å². The second kappa shape index (κ2) is 5.04. The van der Waals surface area contributed by atoms with Gasteiger partial charge in [-0.15, -0.1) is 0 Å². The third-order valence-electron chi connectivity index (χ3n) is 4.64. The molecule has 1 aromatic carbocycles. The number of rotatable bonds is 3. The maximum absolute atomic E-state index is 14.0. The van der Waals surface area contributed by atoms with Crippen LogP contribution in [0.15, 0.2) is 18.2 Å². The fourth-order valence-electron chi connectivity index (χ4n) is 3.44. The SMILES string of the molecule is O=C(O)C1CCN(c2cccc(F)c2F)C1C1CCC1. The highest BCUT2D eigenvalue weighted by Gasteiger charge is 2.45. The van der Waals surface area contributed by atoms with Gasteiger partial charge in [-0.25, -0.2) is 8.78 Å². The molecule has 2 fully saturated rings. The van der Waals surface area contributed by atoms with E-state index in [9.17, 15) is 18.7 Å². The van der Waals surface area contributed by atoms with Crippen LogP contribution in [-0.2, 0) is 4.79 Å². The Balaban J connectivity index is 1.95. The van der Waals surface area contributed by atoms with E-state index in [0.29, 0.717) is 13.0 Å². The Labute approximate surface area is 116 Å². The summed E-state index contributed by atoms with van der Waals surface area (Å²) in [5.41, 5.74) is 0.200. The summed E-state index contributed by atoms with van der Waals surface area (Å²) >= 11 is 0. The average Bonchev–Trinajstić information content (AvgIpc) is 2.75. The lowest BCUT2D eigenvalue weighted by molar-refractivity contribution is -0.142. The van der Waals surface area contributed by atoms with Gasteiger partial charge in [-0.3, -0.25) is 4.79 Å². The minimum Gasteiger partial charge on any atom is -0.481 e. The molecule has 0 spiro atoms. The number of carboxylic acid groups (broad SMARTS) is 1. The van der Waals surface area contributed by atoms with Crippen LogP contribution in [0.5, 0.6) is 0 Å². The maximum Gasteiger partial charge on any atom is 0.308 e. The summed E-state index contributed by atoms with van der Waals surface area (Å²) in [5, 5.41) is 9.35. The van der Waals surface area contributed by atoms with Gasteiger partial charge in [-0.05, 0) is 37.3 Å². The minimum atomic E-state index is -0.881. The normalized spacial score (nSPS) is 26.6. The van der Waals surface area contributed by atoms with Crippen molar-refractivity contribution in [2.45, 2.75) is 31.7 Å². The largest absolute Gasteiger partial charge is 0.481 e. The molecule has 1 heterocycles. The molecule has 0 amide bonds. The third kappa shape index (κ3) is 2.05. The zero-order valence-electron chi connectivity index (χ0n) is 11.1. The molecule has 5 heteroatoms. The van der Waals surface area contributed by atoms with E-state index in [-0.39, 0.29) is 17.6 Å². The zero-order chi connectivity index (χ0) is 14.3.